The fourth-order valence-electron chi connectivity index (χ4n) is 3.56. The predicted molar refractivity (Wildman–Crippen MR) is 84.6 cm³/mol. The van der Waals surface area contributed by atoms with Crippen molar-refractivity contribution in [1.29, 1.82) is 0 Å². The quantitative estimate of drug-likeness (QED) is 0.863. The summed E-state index contributed by atoms with van der Waals surface area (Å²) in [5.41, 5.74) is 1.26. The first-order chi connectivity index (χ1) is 11.3. The summed E-state index contributed by atoms with van der Waals surface area (Å²) in [5.74, 6) is 1.10. The van der Waals surface area contributed by atoms with E-state index in [1.165, 1.54) is 18.6 Å². The minimum Gasteiger partial charge on any atom is -0.439 e. The Bertz CT molecular complexity index is 669. The normalized spacial score (nSPS) is 23.8. The van der Waals surface area contributed by atoms with Crippen LogP contribution in [-0.4, -0.2) is 60.7 Å². The number of hydrogen-bond acceptors (Lipinski definition) is 5. The number of halogens is 1. The molecule has 1 atom stereocenters. The van der Waals surface area contributed by atoms with Crippen molar-refractivity contribution >= 4 is 11.1 Å². The van der Waals surface area contributed by atoms with Gasteiger partial charge < -0.3 is 9.15 Å². The number of hydrogen-bond donors (Lipinski definition) is 0. The highest BCUT2D eigenvalue weighted by Crippen LogP contribution is 2.22. The van der Waals surface area contributed by atoms with Gasteiger partial charge in [-0.3, -0.25) is 9.80 Å². The summed E-state index contributed by atoms with van der Waals surface area (Å²) >= 11 is 0. The van der Waals surface area contributed by atoms with Gasteiger partial charge in [0.1, 0.15) is 11.3 Å². The van der Waals surface area contributed by atoms with Crippen molar-refractivity contribution in [2.45, 2.75) is 13.0 Å². The minimum atomic E-state index is -0.285. The second-order valence-electron chi connectivity index (χ2n) is 6.52. The van der Waals surface area contributed by atoms with Crippen LogP contribution < -0.4 is 0 Å². The van der Waals surface area contributed by atoms with Gasteiger partial charge in [-0.25, -0.2) is 9.37 Å². The number of morpholine rings is 1. The van der Waals surface area contributed by atoms with Crippen LogP contribution in [0.2, 0.25) is 0 Å². The molecule has 6 heteroatoms. The molecule has 0 N–H and O–H groups in total. The van der Waals surface area contributed by atoms with Crippen molar-refractivity contribution in [2.24, 2.45) is 5.92 Å². The number of oxazole rings is 1. The molecule has 0 saturated carbocycles. The van der Waals surface area contributed by atoms with E-state index >= 15 is 0 Å². The van der Waals surface area contributed by atoms with Gasteiger partial charge in [-0.1, -0.05) is 0 Å². The lowest BCUT2D eigenvalue weighted by Crippen LogP contribution is -2.39. The maximum atomic E-state index is 13.2. The first-order valence-electron chi connectivity index (χ1n) is 8.34. The van der Waals surface area contributed by atoms with Gasteiger partial charge in [0.15, 0.2) is 5.58 Å². The van der Waals surface area contributed by atoms with E-state index in [-0.39, 0.29) is 5.82 Å². The van der Waals surface area contributed by atoms with Crippen LogP contribution in [0.3, 0.4) is 0 Å². The Kier molecular flexibility index (Phi) is 4.29. The molecular weight excluding hydrogens is 297 g/mol. The van der Waals surface area contributed by atoms with Crippen LogP contribution in [0.1, 0.15) is 12.3 Å². The highest BCUT2D eigenvalue weighted by Gasteiger charge is 2.26. The average Bonchev–Trinajstić information content (AvgIpc) is 3.14. The number of likely N-dealkylation sites (tertiary alicyclic amines) is 1. The minimum absolute atomic E-state index is 0.285. The van der Waals surface area contributed by atoms with Crippen LogP contribution in [-0.2, 0) is 11.3 Å². The van der Waals surface area contributed by atoms with Gasteiger partial charge in [0.05, 0.1) is 19.8 Å². The molecule has 2 saturated heterocycles. The van der Waals surface area contributed by atoms with E-state index < -0.39 is 0 Å². The van der Waals surface area contributed by atoms with E-state index in [1.54, 1.807) is 6.07 Å². The third-order valence-electron chi connectivity index (χ3n) is 4.74. The highest BCUT2D eigenvalue weighted by molar-refractivity contribution is 5.72. The molecule has 3 heterocycles. The molecule has 2 fully saturated rings. The molecule has 2 aliphatic heterocycles. The molecule has 2 aromatic rings. The van der Waals surface area contributed by atoms with Crippen molar-refractivity contribution in [3.05, 3.63) is 29.9 Å². The zero-order chi connectivity index (χ0) is 15.6. The molecule has 1 aromatic heterocycles. The van der Waals surface area contributed by atoms with E-state index in [4.69, 9.17) is 9.15 Å². The molecule has 0 unspecified atom stereocenters. The maximum Gasteiger partial charge on any atom is 0.209 e. The van der Waals surface area contributed by atoms with Crippen LogP contribution in [0.5, 0.6) is 0 Å². The van der Waals surface area contributed by atoms with Crippen molar-refractivity contribution in [1.82, 2.24) is 14.8 Å². The largest absolute Gasteiger partial charge is 0.439 e. The molecule has 23 heavy (non-hydrogen) atoms. The first-order valence-corrected chi connectivity index (χ1v) is 8.34. The number of aromatic nitrogens is 1. The van der Waals surface area contributed by atoms with Crippen molar-refractivity contribution < 1.29 is 13.5 Å². The topological polar surface area (TPSA) is 41.7 Å². The van der Waals surface area contributed by atoms with Gasteiger partial charge >= 0.3 is 0 Å². The summed E-state index contributed by atoms with van der Waals surface area (Å²) in [4.78, 5) is 9.34. The van der Waals surface area contributed by atoms with Crippen molar-refractivity contribution in [3.8, 4) is 0 Å². The number of fused-ring (bicyclic) bond motifs is 1. The smallest absolute Gasteiger partial charge is 0.209 e. The fraction of sp³-hybridized carbons (Fsp3) is 0.588. The van der Waals surface area contributed by atoms with E-state index in [1.807, 2.05) is 0 Å². The van der Waals surface area contributed by atoms with Gasteiger partial charge in [-0.2, -0.15) is 0 Å². The maximum absolute atomic E-state index is 13.2. The third-order valence-corrected chi connectivity index (χ3v) is 4.74. The van der Waals surface area contributed by atoms with E-state index in [9.17, 15) is 4.39 Å². The molecule has 0 spiro atoms. The van der Waals surface area contributed by atoms with Crippen molar-refractivity contribution in [3.63, 3.8) is 0 Å². The molecule has 1 aromatic carbocycles. The molecule has 0 aliphatic carbocycles. The van der Waals surface area contributed by atoms with E-state index in [0.29, 0.717) is 23.9 Å². The van der Waals surface area contributed by atoms with Gasteiger partial charge in [0.2, 0.25) is 5.89 Å². The number of benzene rings is 1. The van der Waals surface area contributed by atoms with Crippen LogP contribution in [0, 0.1) is 11.7 Å². The zero-order valence-corrected chi connectivity index (χ0v) is 13.2. The Morgan fingerprint density at radius 1 is 1.17 bits per heavy atom. The van der Waals surface area contributed by atoms with Crippen molar-refractivity contribution in [2.75, 3.05) is 45.9 Å². The van der Waals surface area contributed by atoms with Gasteiger partial charge in [0.25, 0.3) is 0 Å². The summed E-state index contributed by atoms with van der Waals surface area (Å²) < 4.78 is 24.3. The Labute approximate surface area is 135 Å². The highest BCUT2D eigenvalue weighted by atomic mass is 19.1. The van der Waals surface area contributed by atoms with Crippen LogP contribution in [0.25, 0.3) is 11.1 Å². The summed E-state index contributed by atoms with van der Waals surface area (Å²) in [6.45, 7) is 7.81. The SMILES string of the molecule is Fc1ccc2nc(CN3CC[C@@H](CN4CCOCC4)C3)oc2c1. The average molecular weight is 319 g/mol. The summed E-state index contributed by atoms with van der Waals surface area (Å²) in [6, 6.07) is 4.49. The number of ether oxygens (including phenoxy) is 1. The second-order valence-corrected chi connectivity index (χ2v) is 6.52. The van der Waals surface area contributed by atoms with E-state index in [2.05, 4.69) is 14.8 Å². The molecule has 124 valence electrons. The lowest BCUT2D eigenvalue weighted by molar-refractivity contribution is 0.0311. The Morgan fingerprint density at radius 3 is 2.91 bits per heavy atom. The first kappa shape index (κ1) is 15.1. The lowest BCUT2D eigenvalue weighted by atomic mass is 10.1. The Balaban J connectivity index is 1.34. The summed E-state index contributed by atoms with van der Waals surface area (Å²) in [6.07, 6.45) is 1.21. The molecule has 2 aliphatic rings. The van der Waals surface area contributed by atoms with Gasteiger partial charge in [0, 0.05) is 32.2 Å². The summed E-state index contributed by atoms with van der Waals surface area (Å²) in [5, 5.41) is 0. The fourth-order valence-corrected chi connectivity index (χ4v) is 3.56. The number of rotatable bonds is 4. The summed E-state index contributed by atoms with van der Waals surface area (Å²) in [7, 11) is 0. The van der Waals surface area contributed by atoms with Gasteiger partial charge in [-0.05, 0) is 31.0 Å². The van der Waals surface area contributed by atoms with Crippen LogP contribution in [0.15, 0.2) is 22.6 Å². The zero-order valence-electron chi connectivity index (χ0n) is 13.2. The standard InChI is InChI=1S/C17H22FN3O2/c18-14-1-2-15-16(9-14)23-17(19-15)12-21-4-3-13(11-21)10-20-5-7-22-8-6-20/h1-2,9,13H,3-8,10-12H2/t13-/m0/s1. The predicted octanol–water partition coefficient (Wildman–Crippen LogP) is 2.12. The molecule has 5 nitrogen and oxygen atoms in total. The molecule has 0 amide bonds. The third kappa shape index (κ3) is 3.54. The molecule has 4 rings (SSSR count). The van der Waals surface area contributed by atoms with E-state index in [0.717, 1.165) is 51.5 Å². The van der Waals surface area contributed by atoms with Gasteiger partial charge in [-0.15, -0.1) is 0 Å². The number of nitrogens with zero attached hydrogens (tertiary/aromatic N) is 3. The second kappa shape index (κ2) is 6.55. The Morgan fingerprint density at radius 2 is 2.04 bits per heavy atom. The molecular formula is C17H22FN3O2. The van der Waals surface area contributed by atoms with Crippen LogP contribution >= 0.6 is 0 Å². The monoisotopic (exact) mass is 319 g/mol. The van der Waals surface area contributed by atoms with Crippen LogP contribution in [0.4, 0.5) is 4.39 Å². The molecule has 0 bridgehead atoms. The lowest BCUT2D eigenvalue weighted by Gasteiger charge is -2.29. The molecule has 0 radical (unpaired) electrons. The Hall–Kier alpha value is -1.50.